The number of H-pyrrole nitrogens is 1. The van der Waals surface area contributed by atoms with E-state index in [9.17, 15) is 52.7 Å². The number of aromatic amines is 1. The number of carbonyl (C=O) groups is 11. The lowest BCUT2D eigenvalue weighted by Gasteiger charge is -2.33. The number of hydrogen-bond donors (Lipinski definition) is 16. The van der Waals surface area contributed by atoms with Crippen LogP contribution in [0.4, 0.5) is 4.79 Å². The summed E-state index contributed by atoms with van der Waals surface area (Å²) < 4.78 is -0.547. The number of rotatable bonds is 32. The normalized spacial score (nSPS) is 17.4. The van der Waals surface area contributed by atoms with Gasteiger partial charge in [-0.3, -0.25) is 52.9 Å². The van der Waals surface area contributed by atoms with Crippen molar-refractivity contribution in [2.45, 2.75) is 157 Å². The van der Waals surface area contributed by atoms with E-state index in [0.29, 0.717) is 12.8 Å². The summed E-state index contributed by atoms with van der Waals surface area (Å²) in [6.45, 7) is 3.12. The van der Waals surface area contributed by atoms with Crippen LogP contribution in [0, 0.1) is 5.92 Å². The van der Waals surface area contributed by atoms with E-state index in [1.165, 1.54) is 4.90 Å². The van der Waals surface area contributed by atoms with Crippen LogP contribution in [-0.2, 0) is 54.4 Å². The number of aromatic nitrogens is 1. The molecule has 2 aliphatic rings. The van der Waals surface area contributed by atoms with Crippen molar-refractivity contribution in [2.24, 2.45) is 39.6 Å². The lowest BCUT2D eigenvalue weighted by Crippen LogP contribution is -2.61. The van der Waals surface area contributed by atoms with Crippen LogP contribution in [0.15, 0.2) is 35.5 Å². The summed E-state index contributed by atoms with van der Waals surface area (Å²) in [4.78, 5) is 156. The van der Waals surface area contributed by atoms with Crippen molar-refractivity contribution in [3.05, 3.63) is 36.0 Å². The van der Waals surface area contributed by atoms with E-state index < -0.39 is 125 Å². The first kappa shape index (κ1) is 65.2. The number of nitrogens with zero attached hydrogens (tertiary/aromatic N) is 2. The van der Waals surface area contributed by atoms with Gasteiger partial charge in [-0.05, 0) is 68.9 Å². The fourth-order valence-corrected chi connectivity index (χ4v) is 10.4. The van der Waals surface area contributed by atoms with Crippen LogP contribution in [0.5, 0.6) is 0 Å². The van der Waals surface area contributed by atoms with Gasteiger partial charge in [0.1, 0.15) is 42.3 Å². The highest BCUT2D eigenvalue weighted by molar-refractivity contribution is 7.81. The van der Waals surface area contributed by atoms with Gasteiger partial charge in [0, 0.05) is 60.1 Å². The number of nitrogens with two attached hydrogens (primary N) is 5. The molecule has 0 bridgehead atoms. The zero-order valence-corrected chi connectivity index (χ0v) is 47.1. The monoisotopic (exact) mass is 1160 g/mol. The largest absolute Gasteiger partial charge is 0.370 e. The minimum atomic E-state index is -1.74. The summed E-state index contributed by atoms with van der Waals surface area (Å²) in [6, 6.07) is -2.81. The lowest BCUT2D eigenvalue weighted by atomic mass is 9.85. The topological polar surface area (TPSA) is 445 Å². The Labute approximate surface area is 475 Å². The lowest BCUT2D eigenvalue weighted by molar-refractivity contribution is -0.142. The van der Waals surface area contributed by atoms with Crippen molar-refractivity contribution >= 4 is 107 Å². The molecule has 0 spiro atoms. The standard InChI is InChI=1S/C51H80N16O11S2/c1-3-28(2)41(66-45(74)34(22-29-25-59-31-13-6-5-12-30(29)31)61-40(70)24-51(80)17-7-4-8-18-51)47(76)63-33(15-10-20-58-50(56)78)43(72)64-35(23-38(52)68)44(73)65-36(27-79)48(77)67-21-11-16-37(67)46(75)62-32(14-9-19-57-49(54)55)42(71)60-26-39(53)69/h5-6,12-13,25,28,32-37,41,59,79-80H,3-4,7-11,14-24,26-27H2,1-2H3,(H2,52,68)(H2,53,69)(H,60,71)(H,61,70)(H,62,75)(H,63,76)(H,64,72)(H,65,73)(H,66,74)(H4,54,55,57)(H3,56,58,78)/t28-,32-,33+,34+,35-,36-,37+,41-/m0/s1. The number of primary amides is 3. The smallest absolute Gasteiger partial charge is 0.312 e. The van der Waals surface area contributed by atoms with Crippen LogP contribution in [-0.4, -0.2) is 160 Å². The van der Waals surface area contributed by atoms with Crippen LogP contribution in [0.3, 0.4) is 0 Å². The maximum absolute atomic E-state index is 14.5. The van der Waals surface area contributed by atoms with Crippen LogP contribution in [0.25, 0.3) is 10.9 Å². The summed E-state index contributed by atoms with van der Waals surface area (Å²) >= 11 is 9.15. The van der Waals surface area contributed by atoms with E-state index in [2.05, 4.69) is 65.1 Å². The fourth-order valence-electron chi connectivity index (χ4n) is 9.65. The van der Waals surface area contributed by atoms with Crippen molar-refractivity contribution in [3.8, 4) is 0 Å². The van der Waals surface area contributed by atoms with Gasteiger partial charge < -0.3 is 81.1 Å². The van der Waals surface area contributed by atoms with Gasteiger partial charge in [-0.15, -0.1) is 0 Å². The Hall–Kier alpha value is -7.30. The molecule has 0 radical (unpaired) electrons. The molecule has 2 heterocycles. The predicted octanol–water partition coefficient (Wildman–Crippen LogP) is -2.41. The highest BCUT2D eigenvalue weighted by Crippen LogP contribution is 2.36. The third-order valence-electron chi connectivity index (χ3n) is 14.1. The van der Waals surface area contributed by atoms with Crippen LogP contribution < -0.4 is 71.2 Å². The zero-order chi connectivity index (χ0) is 59.1. The quantitative estimate of drug-likeness (QED) is 0.0157. The molecule has 1 aliphatic heterocycles. The highest BCUT2D eigenvalue weighted by Gasteiger charge is 2.41. The second-order valence-electron chi connectivity index (χ2n) is 20.4. The molecule has 27 nitrogen and oxygen atoms in total. The number of carbonyl (C=O) groups excluding carboxylic acids is 11. The van der Waals surface area contributed by atoms with Gasteiger partial charge in [-0.1, -0.05) is 57.7 Å². The van der Waals surface area contributed by atoms with Gasteiger partial charge in [0.15, 0.2) is 5.96 Å². The highest BCUT2D eigenvalue weighted by atomic mass is 32.1. The number of para-hydroxylation sites is 1. The van der Waals surface area contributed by atoms with Crippen LogP contribution in [0.2, 0.25) is 0 Å². The summed E-state index contributed by atoms with van der Waals surface area (Å²) in [5, 5.41) is 21.6. The van der Waals surface area contributed by atoms with Gasteiger partial charge in [0.05, 0.1) is 13.0 Å². The Kier molecular flexibility index (Phi) is 26.2. The van der Waals surface area contributed by atoms with E-state index in [0.717, 1.165) is 48.6 Å². The number of aliphatic imine (C=N–C) groups is 1. The average molecular weight is 1160 g/mol. The molecule has 2 fully saturated rings. The van der Waals surface area contributed by atoms with E-state index in [1.54, 1.807) is 20.0 Å². The number of hydrogen-bond acceptors (Lipinski definition) is 14. The second-order valence-corrected chi connectivity index (χ2v) is 21.7. The molecule has 19 N–H and O–H groups in total. The first-order chi connectivity index (χ1) is 37.9. The van der Waals surface area contributed by atoms with E-state index in [4.69, 9.17) is 41.3 Å². The van der Waals surface area contributed by atoms with Crippen molar-refractivity contribution < 1.29 is 52.7 Å². The summed E-state index contributed by atoms with van der Waals surface area (Å²) in [5.41, 5.74) is 28.4. The number of urea groups is 1. The molecule has 4 rings (SSSR count). The van der Waals surface area contributed by atoms with Crippen molar-refractivity contribution in [1.29, 1.82) is 0 Å². The molecule has 1 aliphatic carbocycles. The summed E-state index contributed by atoms with van der Waals surface area (Å²) in [5.74, 6) is -9.05. The molecule has 1 saturated carbocycles. The van der Waals surface area contributed by atoms with Crippen molar-refractivity contribution in [2.75, 3.05) is 31.9 Å². The minimum Gasteiger partial charge on any atom is -0.370 e. The SMILES string of the molecule is CC[C@H](C)[C@H](NC(=O)[C@@H](Cc1c[nH]c2ccccc12)NC(=O)CC1(S)CCCCC1)C(=O)N[C@H](CCCNC(N)=O)C(=O)N[C@@H](CC(N)=O)C(=O)N[C@@H](CS)C(=O)N1CCC[C@@H]1C(=O)N[C@@H](CCCN=C(N)N)C(=O)NCC(N)=O. The van der Waals surface area contributed by atoms with Crippen LogP contribution in [0.1, 0.15) is 109 Å². The molecule has 2 aromatic rings. The summed E-state index contributed by atoms with van der Waals surface area (Å²) in [7, 11) is 0. The Bertz CT molecular complexity index is 2560. The van der Waals surface area contributed by atoms with E-state index in [1.807, 2.05) is 24.3 Å². The number of benzene rings is 1. The number of guanidine groups is 1. The molecule has 0 unspecified atom stereocenters. The van der Waals surface area contributed by atoms with Gasteiger partial charge in [-0.25, -0.2) is 4.79 Å². The molecule has 12 amide bonds. The maximum atomic E-state index is 14.5. The second kappa shape index (κ2) is 32.1. The van der Waals surface area contributed by atoms with E-state index >= 15 is 0 Å². The first-order valence-electron chi connectivity index (χ1n) is 26.9. The molecular weight excluding hydrogens is 1080 g/mol. The number of fused-ring (bicyclic) bond motifs is 1. The summed E-state index contributed by atoms with van der Waals surface area (Å²) in [6.07, 6.45) is 6.47. The van der Waals surface area contributed by atoms with E-state index in [-0.39, 0.29) is 82.2 Å². The number of thiol groups is 2. The number of amides is 12. The van der Waals surface area contributed by atoms with Gasteiger partial charge in [-0.2, -0.15) is 25.3 Å². The molecule has 8 atom stereocenters. The van der Waals surface area contributed by atoms with Gasteiger partial charge in [0.25, 0.3) is 0 Å². The number of nitrogens with one attached hydrogen (secondary N) is 9. The number of likely N-dealkylation sites (tertiary alicyclic amines) is 1. The first-order valence-corrected chi connectivity index (χ1v) is 28.0. The zero-order valence-electron chi connectivity index (χ0n) is 45.3. The third kappa shape index (κ3) is 20.7. The van der Waals surface area contributed by atoms with Crippen molar-refractivity contribution in [1.82, 2.24) is 52.4 Å². The van der Waals surface area contributed by atoms with Gasteiger partial charge in [0.2, 0.25) is 59.1 Å². The molecule has 1 aromatic carbocycles. The predicted molar refractivity (Wildman–Crippen MR) is 304 cm³/mol. The average Bonchev–Trinajstić information content (AvgIpc) is 4.08. The van der Waals surface area contributed by atoms with Crippen LogP contribution >= 0.6 is 25.3 Å². The molecule has 80 heavy (non-hydrogen) atoms. The molecule has 29 heteroatoms. The Morgan fingerprint density at radius 1 is 0.738 bits per heavy atom. The Balaban J connectivity index is 1.54. The molecular formula is C51H80N16O11S2. The Morgan fingerprint density at radius 3 is 2.02 bits per heavy atom. The minimum absolute atomic E-state index is 0.0337. The third-order valence-corrected chi connectivity index (χ3v) is 15.1. The molecule has 442 valence electrons. The molecule has 1 saturated heterocycles. The van der Waals surface area contributed by atoms with Gasteiger partial charge >= 0.3 is 6.03 Å². The molecule has 1 aromatic heterocycles. The van der Waals surface area contributed by atoms with Crippen molar-refractivity contribution in [3.63, 3.8) is 0 Å². The maximum Gasteiger partial charge on any atom is 0.312 e. The Morgan fingerprint density at radius 2 is 1.38 bits per heavy atom. The fraction of sp³-hybridized carbons (Fsp3) is 0.608.